The number of fused-ring (bicyclic) bond motifs is 1. The Balaban J connectivity index is 0.00000300. The van der Waals surface area contributed by atoms with Gasteiger partial charge in [0.25, 0.3) is 5.91 Å². The summed E-state index contributed by atoms with van der Waals surface area (Å²) < 4.78 is 0. The molecule has 1 heterocycles. The Labute approximate surface area is 188 Å². The van der Waals surface area contributed by atoms with Gasteiger partial charge in [-0.05, 0) is 48.2 Å². The van der Waals surface area contributed by atoms with Crippen LogP contribution in [0.25, 0.3) is 10.9 Å². The normalized spacial score (nSPS) is 11.1. The number of guanidine groups is 1. The third kappa shape index (κ3) is 5.96. The monoisotopic (exact) mass is 505 g/mol. The van der Waals surface area contributed by atoms with E-state index in [1.807, 2.05) is 18.2 Å². The van der Waals surface area contributed by atoms with Crippen molar-refractivity contribution in [2.75, 3.05) is 20.6 Å². The Hall–Kier alpha value is -2.55. The van der Waals surface area contributed by atoms with Crippen LogP contribution in [0.2, 0.25) is 0 Å². The van der Waals surface area contributed by atoms with Crippen LogP contribution in [0.15, 0.2) is 53.7 Å². The minimum Gasteiger partial charge on any atom is -0.361 e. The maximum absolute atomic E-state index is 11.8. The molecule has 0 saturated heterocycles. The van der Waals surface area contributed by atoms with Gasteiger partial charge in [-0.25, -0.2) is 0 Å². The van der Waals surface area contributed by atoms with Gasteiger partial charge in [0, 0.05) is 49.8 Å². The molecule has 0 unspecified atom stereocenters. The lowest BCUT2D eigenvalue weighted by Gasteiger charge is -2.12. The van der Waals surface area contributed by atoms with Gasteiger partial charge >= 0.3 is 0 Å². The molecule has 4 N–H and O–H groups in total. The molecule has 0 bridgehead atoms. The molecule has 0 radical (unpaired) electrons. The maximum Gasteiger partial charge on any atom is 0.251 e. The number of amides is 1. The van der Waals surface area contributed by atoms with Crippen LogP contribution in [0.1, 0.15) is 27.0 Å². The van der Waals surface area contributed by atoms with Crippen LogP contribution in [0.4, 0.5) is 0 Å². The molecule has 7 heteroatoms. The van der Waals surface area contributed by atoms with Crippen molar-refractivity contribution in [3.05, 3.63) is 70.9 Å². The van der Waals surface area contributed by atoms with E-state index in [2.05, 4.69) is 57.2 Å². The zero-order valence-electron chi connectivity index (χ0n) is 17.0. The summed E-state index contributed by atoms with van der Waals surface area (Å²) in [5.41, 5.74) is 5.39. The van der Waals surface area contributed by atoms with E-state index in [1.165, 1.54) is 22.0 Å². The summed E-state index contributed by atoms with van der Waals surface area (Å²) in [6.07, 6.45) is 2.97. The average molecular weight is 505 g/mol. The van der Waals surface area contributed by atoms with E-state index in [4.69, 9.17) is 0 Å². The third-order valence-electron chi connectivity index (χ3n) is 4.71. The Bertz CT molecular complexity index is 996. The molecular formula is C22H28IN5O. The second kappa shape index (κ2) is 10.8. The summed E-state index contributed by atoms with van der Waals surface area (Å²) >= 11 is 0. The van der Waals surface area contributed by atoms with E-state index in [0.29, 0.717) is 12.1 Å². The van der Waals surface area contributed by atoms with Crippen LogP contribution in [-0.4, -0.2) is 37.5 Å². The van der Waals surface area contributed by atoms with E-state index in [9.17, 15) is 4.79 Å². The van der Waals surface area contributed by atoms with Crippen LogP contribution >= 0.6 is 24.0 Å². The van der Waals surface area contributed by atoms with E-state index in [1.54, 1.807) is 20.2 Å². The number of rotatable bonds is 6. The predicted molar refractivity (Wildman–Crippen MR) is 130 cm³/mol. The highest BCUT2D eigenvalue weighted by molar-refractivity contribution is 14.0. The molecule has 0 aliphatic carbocycles. The van der Waals surface area contributed by atoms with Crippen LogP contribution in [0.3, 0.4) is 0 Å². The van der Waals surface area contributed by atoms with Gasteiger partial charge in [-0.3, -0.25) is 9.79 Å². The number of aromatic amines is 1. The Morgan fingerprint density at radius 3 is 2.72 bits per heavy atom. The molecule has 1 aromatic heterocycles. The number of H-pyrrole nitrogens is 1. The minimum absolute atomic E-state index is 0. The van der Waals surface area contributed by atoms with Crippen molar-refractivity contribution in [1.82, 2.24) is 20.9 Å². The Morgan fingerprint density at radius 2 is 1.97 bits per heavy atom. The lowest BCUT2D eigenvalue weighted by Crippen LogP contribution is -2.37. The number of aromatic nitrogens is 1. The second-order valence-corrected chi connectivity index (χ2v) is 6.74. The van der Waals surface area contributed by atoms with Crippen molar-refractivity contribution >= 4 is 46.7 Å². The molecule has 2 aromatic carbocycles. The highest BCUT2D eigenvalue weighted by atomic mass is 127. The number of aliphatic imine (C=N–C) groups is 1. The Kier molecular flexibility index (Phi) is 8.50. The highest BCUT2D eigenvalue weighted by Crippen LogP contribution is 2.19. The van der Waals surface area contributed by atoms with Gasteiger partial charge in [0.2, 0.25) is 0 Å². The van der Waals surface area contributed by atoms with Crippen LogP contribution in [0.5, 0.6) is 0 Å². The standard InChI is InChI=1S/C22H27N5O.HI/c1-15-7-8-19-18(14-26-20(19)11-15)9-10-25-22(24-3)27-13-16-5-4-6-17(12-16)21(28)23-2;/h4-8,11-12,14,26H,9-10,13H2,1-3H3,(H,23,28)(H2,24,25,27);1H. The van der Waals surface area contributed by atoms with Crippen LogP contribution in [-0.2, 0) is 13.0 Å². The largest absolute Gasteiger partial charge is 0.361 e. The predicted octanol–water partition coefficient (Wildman–Crippen LogP) is 3.36. The van der Waals surface area contributed by atoms with Gasteiger partial charge in [-0.1, -0.05) is 24.3 Å². The first-order chi connectivity index (χ1) is 13.6. The third-order valence-corrected chi connectivity index (χ3v) is 4.71. The van der Waals surface area contributed by atoms with Crippen molar-refractivity contribution in [2.24, 2.45) is 4.99 Å². The topological polar surface area (TPSA) is 81.3 Å². The summed E-state index contributed by atoms with van der Waals surface area (Å²) in [7, 11) is 3.39. The molecular weight excluding hydrogens is 477 g/mol. The van der Waals surface area contributed by atoms with Gasteiger partial charge in [-0.2, -0.15) is 0 Å². The number of carbonyl (C=O) groups is 1. The molecule has 0 aliphatic rings. The first kappa shape index (κ1) is 22.7. The number of hydrogen-bond donors (Lipinski definition) is 4. The summed E-state index contributed by atoms with van der Waals surface area (Å²) in [6.45, 7) is 3.47. The summed E-state index contributed by atoms with van der Waals surface area (Å²) in [5.74, 6) is 0.652. The van der Waals surface area contributed by atoms with E-state index in [0.717, 1.165) is 24.5 Å². The van der Waals surface area contributed by atoms with Crippen molar-refractivity contribution in [1.29, 1.82) is 0 Å². The number of nitrogens with zero attached hydrogens (tertiary/aromatic N) is 1. The number of carbonyl (C=O) groups excluding carboxylic acids is 1. The fraction of sp³-hybridized carbons (Fsp3) is 0.273. The summed E-state index contributed by atoms with van der Waals surface area (Å²) in [4.78, 5) is 19.4. The number of nitrogens with one attached hydrogen (secondary N) is 4. The van der Waals surface area contributed by atoms with E-state index in [-0.39, 0.29) is 29.9 Å². The molecule has 6 nitrogen and oxygen atoms in total. The highest BCUT2D eigenvalue weighted by Gasteiger charge is 2.06. The molecule has 0 spiro atoms. The molecule has 0 saturated carbocycles. The van der Waals surface area contributed by atoms with Crippen molar-refractivity contribution in [3.63, 3.8) is 0 Å². The number of hydrogen-bond acceptors (Lipinski definition) is 2. The number of halogens is 1. The van der Waals surface area contributed by atoms with Crippen LogP contribution < -0.4 is 16.0 Å². The second-order valence-electron chi connectivity index (χ2n) is 6.74. The lowest BCUT2D eigenvalue weighted by molar-refractivity contribution is 0.0963. The van der Waals surface area contributed by atoms with Crippen molar-refractivity contribution in [2.45, 2.75) is 19.9 Å². The van der Waals surface area contributed by atoms with Crippen molar-refractivity contribution < 1.29 is 4.79 Å². The van der Waals surface area contributed by atoms with E-state index < -0.39 is 0 Å². The SMILES string of the molecule is CN=C(NCCc1c[nH]c2cc(C)ccc12)NCc1cccc(C(=O)NC)c1.I. The Morgan fingerprint density at radius 1 is 1.14 bits per heavy atom. The smallest absolute Gasteiger partial charge is 0.251 e. The zero-order chi connectivity index (χ0) is 19.9. The van der Waals surface area contributed by atoms with Gasteiger partial charge in [-0.15, -0.1) is 24.0 Å². The first-order valence-corrected chi connectivity index (χ1v) is 9.43. The van der Waals surface area contributed by atoms with Gasteiger partial charge < -0.3 is 20.9 Å². The molecule has 29 heavy (non-hydrogen) atoms. The molecule has 0 aliphatic heterocycles. The number of aryl methyl sites for hydroxylation is 1. The zero-order valence-corrected chi connectivity index (χ0v) is 19.3. The van der Waals surface area contributed by atoms with Crippen molar-refractivity contribution in [3.8, 4) is 0 Å². The molecule has 3 rings (SSSR count). The molecule has 154 valence electrons. The van der Waals surface area contributed by atoms with Gasteiger partial charge in [0.15, 0.2) is 5.96 Å². The summed E-state index contributed by atoms with van der Waals surface area (Å²) in [5, 5.41) is 10.6. The average Bonchev–Trinajstić information content (AvgIpc) is 3.12. The molecule has 3 aromatic rings. The number of benzene rings is 2. The molecule has 0 atom stereocenters. The van der Waals surface area contributed by atoms with Gasteiger partial charge in [0.05, 0.1) is 0 Å². The fourth-order valence-corrected chi connectivity index (χ4v) is 3.20. The van der Waals surface area contributed by atoms with Crippen LogP contribution in [0, 0.1) is 6.92 Å². The maximum atomic E-state index is 11.8. The summed E-state index contributed by atoms with van der Waals surface area (Å²) in [6, 6.07) is 14.0. The van der Waals surface area contributed by atoms with Gasteiger partial charge in [0.1, 0.15) is 0 Å². The molecule has 0 fully saturated rings. The quantitative estimate of drug-likeness (QED) is 0.236. The van der Waals surface area contributed by atoms with E-state index >= 15 is 0 Å². The minimum atomic E-state index is -0.0849. The lowest BCUT2D eigenvalue weighted by atomic mass is 10.1. The fourth-order valence-electron chi connectivity index (χ4n) is 3.20. The molecule has 1 amide bonds. The first-order valence-electron chi connectivity index (χ1n) is 9.43.